The summed E-state index contributed by atoms with van der Waals surface area (Å²) in [5.41, 5.74) is 0.0331. The molecule has 0 fully saturated rings. The van der Waals surface area contributed by atoms with E-state index in [1.165, 1.54) is 12.1 Å². The molecule has 0 saturated heterocycles. The Morgan fingerprint density at radius 3 is 2.44 bits per heavy atom. The standard InChI is InChI=1S/C14H16O4/c1-3-7-10(4-2)18-14(17)12-9-6-5-8-11(12)13(15)16/h3,5-10H,4H2,1-2H3,(H,15,16)/b7-3+. The summed E-state index contributed by atoms with van der Waals surface area (Å²) in [4.78, 5) is 22.9. The van der Waals surface area contributed by atoms with E-state index in [-0.39, 0.29) is 17.2 Å². The molecule has 4 heteroatoms. The molecule has 1 atom stereocenters. The van der Waals surface area contributed by atoms with Crippen LogP contribution in [0.15, 0.2) is 36.4 Å². The van der Waals surface area contributed by atoms with Crippen LogP contribution in [0.1, 0.15) is 41.0 Å². The van der Waals surface area contributed by atoms with Crippen molar-refractivity contribution in [3.8, 4) is 0 Å². The molecule has 18 heavy (non-hydrogen) atoms. The molecule has 1 rings (SSSR count). The highest BCUT2D eigenvalue weighted by atomic mass is 16.5. The van der Waals surface area contributed by atoms with E-state index in [1.807, 2.05) is 13.8 Å². The van der Waals surface area contributed by atoms with Gasteiger partial charge in [-0.3, -0.25) is 0 Å². The van der Waals surface area contributed by atoms with Crippen LogP contribution in [0.25, 0.3) is 0 Å². The second-order valence-corrected chi connectivity index (χ2v) is 3.73. The number of carboxylic acid groups (broad SMARTS) is 1. The zero-order valence-electron chi connectivity index (χ0n) is 10.4. The summed E-state index contributed by atoms with van der Waals surface area (Å²) >= 11 is 0. The van der Waals surface area contributed by atoms with Crippen molar-refractivity contribution in [3.05, 3.63) is 47.5 Å². The number of carbonyl (C=O) groups excluding carboxylic acids is 1. The molecule has 0 aliphatic carbocycles. The SMILES string of the molecule is C/C=C/C(CC)OC(=O)c1ccccc1C(=O)O. The third-order valence-corrected chi connectivity index (χ3v) is 2.45. The van der Waals surface area contributed by atoms with E-state index in [1.54, 1.807) is 24.3 Å². The molecule has 0 heterocycles. The van der Waals surface area contributed by atoms with E-state index >= 15 is 0 Å². The maximum atomic E-state index is 11.9. The van der Waals surface area contributed by atoms with Gasteiger partial charge in [0.15, 0.2) is 0 Å². The van der Waals surface area contributed by atoms with Crippen LogP contribution in [0.5, 0.6) is 0 Å². The average Bonchev–Trinajstić information content (AvgIpc) is 2.38. The van der Waals surface area contributed by atoms with Crippen molar-refractivity contribution in [2.24, 2.45) is 0 Å². The van der Waals surface area contributed by atoms with Gasteiger partial charge in [0.05, 0.1) is 11.1 Å². The number of esters is 1. The second kappa shape index (κ2) is 6.59. The lowest BCUT2D eigenvalue weighted by molar-refractivity contribution is 0.0381. The quantitative estimate of drug-likeness (QED) is 0.642. The van der Waals surface area contributed by atoms with Crippen molar-refractivity contribution in [2.45, 2.75) is 26.4 Å². The van der Waals surface area contributed by atoms with Gasteiger partial charge in [-0.05, 0) is 31.6 Å². The Bertz CT molecular complexity index is 463. The summed E-state index contributed by atoms with van der Waals surface area (Å²) in [6, 6.07) is 6.02. The Morgan fingerprint density at radius 2 is 1.94 bits per heavy atom. The van der Waals surface area contributed by atoms with Crippen molar-refractivity contribution in [1.29, 1.82) is 0 Å². The highest BCUT2D eigenvalue weighted by Gasteiger charge is 2.18. The number of carboxylic acids is 1. The summed E-state index contributed by atoms with van der Waals surface area (Å²) in [7, 11) is 0. The van der Waals surface area contributed by atoms with Crippen LogP contribution < -0.4 is 0 Å². The fourth-order valence-corrected chi connectivity index (χ4v) is 1.52. The molecule has 4 nitrogen and oxygen atoms in total. The number of hydrogen-bond donors (Lipinski definition) is 1. The van der Waals surface area contributed by atoms with E-state index in [9.17, 15) is 9.59 Å². The number of hydrogen-bond acceptors (Lipinski definition) is 3. The number of rotatable bonds is 5. The summed E-state index contributed by atoms with van der Waals surface area (Å²) < 4.78 is 5.23. The molecular weight excluding hydrogens is 232 g/mol. The zero-order chi connectivity index (χ0) is 13.5. The maximum absolute atomic E-state index is 11.9. The molecule has 0 amide bonds. The second-order valence-electron chi connectivity index (χ2n) is 3.73. The van der Waals surface area contributed by atoms with Gasteiger partial charge in [0.1, 0.15) is 6.10 Å². The molecule has 1 aromatic carbocycles. The minimum atomic E-state index is -1.14. The molecule has 0 saturated carbocycles. The predicted octanol–water partition coefficient (Wildman–Crippen LogP) is 2.90. The molecule has 0 spiro atoms. The molecule has 0 bridgehead atoms. The van der Waals surface area contributed by atoms with E-state index < -0.39 is 11.9 Å². The summed E-state index contributed by atoms with van der Waals surface area (Å²) in [6.45, 7) is 3.72. The molecule has 1 N–H and O–H groups in total. The Morgan fingerprint density at radius 1 is 1.33 bits per heavy atom. The van der Waals surface area contributed by atoms with Crippen LogP contribution in [0.3, 0.4) is 0 Å². The lowest BCUT2D eigenvalue weighted by Crippen LogP contribution is -2.18. The van der Waals surface area contributed by atoms with Crippen LogP contribution in [-0.4, -0.2) is 23.1 Å². The molecular formula is C14H16O4. The highest BCUT2D eigenvalue weighted by Crippen LogP contribution is 2.13. The van der Waals surface area contributed by atoms with Gasteiger partial charge in [0, 0.05) is 0 Å². The summed E-state index contributed by atoms with van der Waals surface area (Å²) in [6.07, 6.45) is 3.88. The van der Waals surface area contributed by atoms with Crippen molar-refractivity contribution < 1.29 is 19.4 Å². The molecule has 1 unspecified atom stereocenters. The molecule has 96 valence electrons. The number of benzene rings is 1. The van der Waals surface area contributed by atoms with E-state index in [2.05, 4.69) is 0 Å². The van der Waals surface area contributed by atoms with Crippen molar-refractivity contribution in [1.82, 2.24) is 0 Å². The van der Waals surface area contributed by atoms with Gasteiger partial charge in [-0.2, -0.15) is 0 Å². The predicted molar refractivity (Wildman–Crippen MR) is 67.7 cm³/mol. The number of ether oxygens (including phenoxy) is 1. The Kier molecular flexibility index (Phi) is 5.11. The monoisotopic (exact) mass is 248 g/mol. The van der Waals surface area contributed by atoms with Crippen LogP contribution >= 0.6 is 0 Å². The van der Waals surface area contributed by atoms with Crippen LogP contribution in [0, 0.1) is 0 Å². The number of carbonyl (C=O) groups is 2. The Hall–Kier alpha value is -2.10. The van der Waals surface area contributed by atoms with Gasteiger partial charge >= 0.3 is 11.9 Å². The number of aromatic carboxylic acids is 1. The van der Waals surface area contributed by atoms with E-state index in [0.29, 0.717) is 6.42 Å². The van der Waals surface area contributed by atoms with E-state index in [0.717, 1.165) is 0 Å². The normalized spacial score (nSPS) is 12.3. The lowest BCUT2D eigenvalue weighted by Gasteiger charge is -2.13. The Labute approximate surface area is 106 Å². The van der Waals surface area contributed by atoms with Crippen LogP contribution in [-0.2, 0) is 4.74 Å². The molecule has 0 aromatic heterocycles. The van der Waals surface area contributed by atoms with Crippen molar-refractivity contribution in [2.75, 3.05) is 0 Å². The number of allylic oxidation sites excluding steroid dienone is 1. The third-order valence-electron chi connectivity index (χ3n) is 2.45. The fraction of sp³-hybridized carbons (Fsp3) is 0.286. The molecule has 0 aliphatic heterocycles. The summed E-state index contributed by atoms with van der Waals surface area (Å²) in [5.74, 6) is -1.75. The first kappa shape index (κ1) is 14.0. The van der Waals surface area contributed by atoms with Gasteiger partial charge in [-0.1, -0.05) is 25.1 Å². The Balaban J connectivity index is 2.94. The van der Waals surface area contributed by atoms with Gasteiger partial charge in [-0.15, -0.1) is 0 Å². The highest BCUT2D eigenvalue weighted by molar-refractivity contribution is 6.02. The first-order valence-electron chi connectivity index (χ1n) is 5.76. The average molecular weight is 248 g/mol. The molecule has 0 radical (unpaired) electrons. The summed E-state index contributed by atoms with van der Waals surface area (Å²) in [5, 5.41) is 8.99. The largest absolute Gasteiger partial charge is 0.478 e. The maximum Gasteiger partial charge on any atom is 0.339 e. The van der Waals surface area contributed by atoms with Crippen molar-refractivity contribution >= 4 is 11.9 Å². The van der Waals surface area contributed by atoms with E-state index in [4.69, 9.17) is 9.84 Å². The first-order chi connectivity index (χ1) is 8.60. The van der Waals surface area contributed by atoms with Crippen molar-refractivity contribution in [3.63, 3.8) is 0 Å². The zero-order valence-corrected chi connectivity index (χ0v) is 10.4. The molecule has 0 aliphatic rings. The smallest absolute Gasteiger partial charge is 0.339 e. The minimum absolute atomic E-state index is 0.0437. The van der Waals surface area contributed by atoms with Gasteiger partial charge in [-0.25, -0.2) is 9.59 Å². The first-order valence-corrected chi connectivity index (χ1v) is 5.76. The van der Waals surface area contributed by atoms with Gasteiger partial charge < -0.3 is 9.84 Å². The molecule has 1 aromatic rings. The topological polar surface area (TPSA) is 63.6 Å². The minimum Gasteiger partial charge on any atom is -0.478 e. The lowest BCUT2D eigenvalue weighted by atomic mass is 10.1. The fourth-order valence-electron chi connectivity index (χ4n) is 1.52. The van der Waals surface area contributed by atoms with Gasteiger partial charge in [0.2, 0.25) is 0 Å². The van der Waals surface area contributed by atoms with Crippen LogP contribution in [0.2, 0.25) is 0 Å². The third kappa shape index (κ3) is 3.45. The van der Waals surface area contributed by atoms with Gasteiger partial charge in [0.25, 0.3) is 0 Å². The van der Waals surface area contributed by atoms with Crippen LogP contribution in [0.4, 0.5) is 0 Å².